The van der Waals surface area contributed by atoms with Crippen molar-refractivity contribution in [2.45, 2.75) is 50.7 Å². The summed E-state index contributed by atoms with van der Waals surface area (Å²) in [6, 6.07) is 12.4. The van der Waals surface area contributed by atoms with E-state index in [4.69, 9.17) is 0 Å². The maximum absolute atomic E-state index is 14.7. The first-order valence-corrected chi connectivity index (χ1v) is 17.7. The number of H-pyrrole nitrogens is 1. The molecule has 2 N–H and O–H groups in total. The van der Waals surface area contributed by atoms with Crippen molar-refractivity contribution in [1.82, 2.24) is 30.2 Å². The number of likely N-dealkylation sites (tertiary alicyclic amines) is 1. The van der Waals surface area contributed by atoms with Crippen molar-refractivity contribution in [3.63, 3.8) is 0 Å². The van der Waals surface area contributed by atoms with Crippen molar-refractivity contribution in [1.29, 1.82) is 0 Å². The number of hydrogen-bond acceptors (Lipinski definition) is 7. The number of aromatic amines is 1. The third-order valence-electron chi connectivity index (χ3n) is 9.58. The van der Waals surface area contributed by atoms with Gasteiger partial charge in [-0.2, -0.15) is 10.0 Å². The molecule has 13 heteroatoms. The van der Waals surface area contributed by atoms with Gasteiger partial charge < -0.3 is 15.1 Å². The van der Waals surface area contributed by atoms with Gasteiger partial charge in [0.05, 0.1) is 23.2 Å². The molecule has 0 spiro atoms. The molecule has 47 heavy (non-hydrogen) atoms. The monoisotopic (exact) mass is 670 g/mol. The van der Waals surface area contributed by atoms with Crippen LogP contribution in [0.2, 0.25) is 0 Å². The summed E-state index contributed by atoms with van der Waals surface area (Å²) in [5.74, 6) is -0.0169. The Hall–Kier alpha value is -3.31. The fourth-order valence-corrected chi connectivity index (χ4v) is 6.90. The number of nitrogens with zero attached hydrogens (tertiary/aromatic N) is 4. The molecule has 1 saturated carbocycles. The van der Waals surface area contributed by atoms with Crippen molar-refractivity contribution in [3.8, 4) is 0 Å². The van der Waals surface area contributed by atoms with Crippen molar-refractivity contribution in [3.05, 3.63) is 75.5 Å². The normalized spacial score (nSPS) is 21.2. The summed E-state index contributed by atoms with van der Waals surface area (Å²) in [5.41, 5.74) is 0.996. The Bertz CT molecular complexity index is 1560. The quantitative estimate of drug-likeness (QED) is 0.386. The van der Waals surface area contributed by atoms with Gasteiger partial charge in [0.2, 0.25) is 5.91 Å². The highest BCUT2D eigenvalue weighted by atomic mass is 31.0. The van der Waals surface area contributed by atoms with E-state index >= 15 is 0 Å². The zero-order valence-electron chi connectivity index (χ0n) is 26.9. The van der Waals surface area contributed by atoms with Crippen molar-refractivity contribution < 1.29 is 23.4 Å². The smallest absolute Gasteiger partial charge is 0.272 e. The zero-order chi connectivity index (χ0) is 33.3. The lowest BCUT2D eigenvalue weighted by atomic mass is 10.0. The molecule has 1 aromatic heterocycles. The maximum atomic E-state index is 14.7. The van der Waals surface area contributed by atoms with E-state index in [-0.39, 0.29) is 23.6 Å². The molecule has 3 aliphatic heterocycles. The number of aromatic nitrogens is 2. The van der Waals surface area contributed by atoms with Crippen LogP contribution in [-0.4, -0.2) is 108 Å². The van der Waals surface area contributed by atoms with E-state index in [2.05, 4.69) is 29.7 Å². The number of benzene rings is 2. The van der Waals surface area contributed by atoms with Crippen LogP contribution in [0.3, 0.4) is 0 Å². The van der Waals surface area contributed by atoms with Crippen LogP contribution in [0, 0.1) is 11.7 Å². The molecule has 254 valence electrons. The molecule has 4 aliphatic rings. The van der Waals surface area contributed by atoms with Crippen LogP contribution in [0.5, 0.6) is 0 Å². The van der Waals surface area contributed by atoms with Crippen molar-refractivity contribution >= 4 is 31.8 Å². The number of rotatable bonds is 6. The molecule has 3 atom stereocenters. The Balaban J connectivity index is 0.000000416. The van der Waals surface area contributed by atoms with E-state index in [9.17, 15) is 23.3 Å². The summed E-state index contributed by atoms with van der Waals surface area (Å²) >= 11 is 0. The number of piperidine rings is 2. The van der Waals surface area contributed by atoms with Crippen LogP contribution in [0.15, 0.2) is 47.3 Å². The second kappa shape index (κ2) is 16.7. The standard InChI is InChI=1S/C27H29F2N5O4.C6H11N.CH5P/c28-23-6-5-18(16-24-20-3-1-2-4-21(20)26(36)31-30-24)15-22(23)27(37)34-13-11-33(12-14-34)25(35)17-32-9-7-19(38-29)8-10-32;1-2-6-3-5(1)4-7-6;1-2/h1-6,15,19H,7-14,16-17H2,(H,31,36);5-7H,1-4H2;2H2,1H3. The highest BCUT2D eigenvalue weighted by molar-refractivity contribution is 7.15. The van der Waals surface area contributed by atoms with Gasteiger partial charge in [-0.1, -0.05) is 30.9 Å². The molecule has 2 aromatic carbocycles. The molecule has 3 aromatic rings. The maximum Gasteiger partial charge on any atom is 0.272 e. The Labute approximate surface area is 276 Å². The largest absolute Gasteiger partial charge is 0.338 e. The Kier molecular flexibility index (Phi) is 12.4. The Morgan fingerprint density at radius 2 is 1.66 bits per heavy atom. The molecular weight excluding hydrogens is 625 g/mol. The molecule has 3 unspecified atom stereocenters. The molecule has 2 amide bonds. The van der Waals surface area contributed by atoms with Gasteiger partial charge in [-0.05, 0) is 72.9 Å². The molecule has 10 nitrogen and oxygen atoms in total. The number of piperazine rings is 1. The minimum atomic E-state index is -0.614. The number of carbonyl (C=O) groups excluding carboxylic acids is 2. The highest BCUT2D eigenvalue weighted by Gasteiger charge is 2.30. The van der Waals surface area contributed by atoms with Gasteiger partial charge in [0.15, 0.2) is 0 Å². The predicted octanol–water partition coefficient (Wildman–Crippen LogP) is 3.55. The minimum absolute atomic E-state index is 0.0334. The summed E-state index contributed by atoms with van der Waals surface area (Å²) in [7, 11) is 2.42. The van der Waals surface area contributed by atoms with Crippen molar-refractivity contribution in [2.75, 3.05) is 59.0 Å². The Morgan fingerprint density at radius 3 is 2.26 bits per heavy atom. The molecule has 0 radical (unpaired) electrons. The molecular formula is C34H45F2N6O4P. The number of halogens is 2. The zero-order valence-corrected chi connectivity index (χ0v) is 28.1. The highest BCUT2D eigenvalue weighted by Crippen LogP contribution is 2.30. The molecule has 4 heterocycles. The van der Waals surface area contributed by atoms with E-state index in [1.807, 2.05) is 23.7 Å². The third kappa shape index (κ3) is 8.79. The van der Waals surface area contributed by atoms with Crippen LogP contribution < -0.4 is 10.9 Å². The van der Waals surface area contributed by atoms with Gasteiger partial charge in [-0.3, -0.25) is 19.3 Å². The van der Waals surface area contributed by atoms with Crippen LogP contribution in [-0.2, 0) is 16.2 Å². The summed E-state index contributed by atoms with van der Waals surface area (Å²) in [5, 5.41) is 11.3. The summed E-state index contributed by atoms with van der Waals surface area (Å²) in [4.78, 5) is 47.2. The summed E-state index contributed by atoms with van der Waals surface area (Å²) in [6.07, 6.45) is 5.43. The lowest BCUT2D eigenvalue weighted by Crippen LogP contribution is -2.53. The Morgan fingerprint density at radius 1 is 0.957 bits per heavy atom. The lowest BCUT2D eigenvalue weighted by Gasteiger charge is -2.36. The van der Waals surface area contributed by atoms with Gasteiger partial charge in [-0.15, -0.1) is 9.24 Å². The van der Waals surface area contributed by atoms with Gasteiger partial charge >= 0.3 is 0 Å². The molecule has 2 bridgehead atoms. The molecule has 4 fully saturated rings. The second-order valence-corrected chi connectivity index (χ2v) is 12.6. The summed E-state index contributed by atoms with van der Waals surface area (Å²) < 4.78 is 27.1. The fraction of sp³-hybridized carbons (Fsp3) is 0.529. The number of carbonyl (C=O) groups is 2. The topological polar surface area (TPSA) is 111 Å². The van der Waals surface area contributed by atoms with Crippen LogP contribution in [0.25, 0.3) is 10.8 Å². The SMILES string of the molecule is C1CC2CC1CN2.CP.O=C(CN1CCC(OF)CC1)N1CCN(C(=O)c2cc(Cc3n[nH]c(=O)c4ccccc34)ccc2F)CC1. The van der Waals surface area contributed by atoms with E-state index in [1.54, 1.807) is 28.0 Å². The van der Waals surface area contributed by atoms with Gasteiger partial charge in [0, 0.05) is 57.1 Å². The predicted molar refractivity (Wildman–Crippen MR) is 180 cm³/mol. The van der Waals surface area contributed by atoms with Crippen LogP contribution >= 0.6 is 9.24 Å². The van der Waals surface area contributed by atoms with E-state index in [1.165, 1.54) is 37.9 Å². The number of amides is 2. The molecule has 1 aliphatic carbocycles. The minimum Gasteiger partial charge on any atom is -0.338 e. The van der Waals surface area contributed by atoms with E-state index in [0.29, 0.717) is 80.6 Å². The number of nitrogens with one attached hydrogen (secondary N) is 2. The van der Waals surface area contributed by atoms with Crippen LogP contribution in [0.4, 0.5) is 8.92 Å². The van der Waals surface area contributed by atoms with E-state index < -0.39 is 17.8 Å². The average molecular weight is 671 g/mol. The van der Waals surface area contributed by atoms with Gasteiger partial charge in [0.1, 0.15) is 11.9 Å². The first-order chi connectivity index (χ1) is 22.9. The van der Waals surface area contributed by atoms with Gasteiger partial charge in [0.25, 0.3) is 11.5 Å². The molecule has 7 rings (SSSR count). The number of hydrogen-bond donors (Lipinski definition) is 2. The average Bonchev–Trinajstić information content (AvgIpc) is 3.79. The first-order valence-electron chi connectivity index (χ1n) is 16.5. The van der Waals surface area contributed by atoms with Crippen molar-refractivity contribution in [2.24, 2.45) is 5.92 Å². The second-order valence-electron chi connectivity index (χ2n) is 12.6. The first kappa shape index (κ1) is 35.0. The van der Waals surface area contributed by atoms with Gasteiger partial charge in [-0.25, -0.2) is 9.49 Å². The van der Waals surface area contributed by atoms with Crippen LogP contribution in [0.1, 0.15) is 53.7 Å². The fourth-order valence-electron chi connectivity index (χ4n) is 6.90. The molecule has 3 saturated heterocycles. The summed E-state index contributed by atoms with van der Waals surface area (Å²) in [6.45, 7) is 6.00. The third-order valence-corrected chi connectivity index (χ3v) is 9.58. The lowest BCUT2D eigenvalue weighted by molar-refractivity contribution is -0.191. The number of fused-ring (bicyclic) bond motifs is 3. The van der Waals surface area contributed by atoms with E-state index in [0.717, 1.165) is 12.0 Å².